The van der Waals surface area contributed by atoms with Gasteiger partial charge in [0, 0.05) is 17.3 Å². The molecule has 2 heteroatoms. The first kappa shape index (κ1) is 7.35. The fourth-order valence-corrected chi connectivity index (χ4v) is 1.54. The molecular formula is C10H12N2. The molecule has 0 bridgehead atoms. The van der Waals surface area contributed by atoms with Crippen molar-refractivity contribution in [1.29, 1.82) is 0 Å². The molecule has 0 aliphatic carbocycles. The van der Waals surface area contributed by atoms with E-state index in [-0.39, 0.29) is 0 Å². The maximum Gasteiger partial charge on any atom is 0.137 e. The van der Waals surface area contributed by atoms with E-state index in [9.17, 15) is 0 Å². The summed E-state index contributed by atoms with van der Waals surface area (Å²) in [7, 11) is 0. The molecule has 2 aromatic heterocycles. The summed E-state index contributed by atoms with van der Waals surface area (Å²) in [5.74, 6) is 0. The highest BCUT2D eigenvalue weighted by Gasteiger charge is 2.01. The van der Waals surface area contributed by atoms with Crippen LogP contribution < -0.4 is 0 Å². The van der Waals surface area contributed by atoms with Crippen molar-refractivity contribution in [3.8, 4) is 0 Å². The second-order valence-corrected chi connectivity index (χ2v) is 3.02. The Labute approximate surface area is 71.6 Å². The smallest absolute Gasteiger partial charge is 0.137 e. The maximum absolute atomic E-state index is 4.39. The highest BCUT2D eigenvalue weighted by atomic mass is 14.8. The third-order valence-electron chi connectivity index (χ3n) is 2.12. The monoisotopic (exact) mass is 160 g/mol. The molecule has 2 nitrogen and oxygen atoms in total. The molecule has 62 valence electrons. The fraction of sp³-hybridized carbons (Fsp3) is 0.300. The van der Waals surface area contributed by atoms with Crippen molar-refractivity contribution in [3.63, 3.8) is 0 Å². The first-order valence-electron chi connectivity index (χ1n) is 4.25. The average molecular weight is 160 g/mol. The van der Waals surface area contributed by atoms with E-state index in [1.807, 2.05) is 13.1 Å². The molecule has 0 radical (unpaired) electrons. The van der Waals surface area contributed by atoms with Gasteiger partial charge in [0.1, 0.15) is 5.65 Å². The third kappa shape index (κ3) is 0.998. The van der Waals surface area contributed by atoms with Gasteiger partial charge in [-0.05, 0) is 31.0 Å². The number of aromatic amines is 1. The molecule has 0 aliphatic heterocycles. The summed E-state index contributed by atoms with van der Waals surface area (Å²) in [4.78, 5) is 7.51. The van der Waals surface area contributed by atoms with Gasteiger partial charge < -0.3 is 4.98 Å². The first-order valence-corrected chi connectivity index (χ1v) is 4.25. The molecule has 0 saturated carbocycles. The van der Waals surface area contributed by atoms with Crippen molar-refractivity contribution in [1.82, 2.24) is 9.97 Å². The lowest BCUT2D eigenvalue weighted by Gasteiger charge is -2.00. The molecule has 0 aliphatic rings. The Bertz CT molecular complexity index is 401. The number of hydrogen-bond donors (Lipinski definition) is 1. The summed E-state index contributed by atoms with van der Waals surface area (Å²) >= 11 is 0. The molecule has 2 heterocycles. The molecule has 2 aromatic rings. The van der Waals surface area contributed by atoms with Gasteiger partial charge in [-0.25, -0.2) is 4.98 Å². The highest BCUT2D eigenvalue weighted by Crippen LogP contribution is 2.17. The molecule has 0 aromatic carbocycles. The lowest BCUT2D eigenvalue weighted by atomic mass is 10.1. The Morgan fingerprint density at radius 1 is 1.50 bits per heavy atom. The molecule has 2 rings (SSSR count). The van der Waals surface area contributed by atoms with Gasteiger partial charge in [0.25, 0.3) is 0 Å². The average Bonchev–Trinajstić information content (AvgIpc) is 2.50. The van der Waals surface area contributed by atoms with Gasteiger partial charge in [0.05, 0.1) is 0 Å². The molecule has 1 N–H and O–H groups in total. The van der Waals surface area contributed by atoms with Crippen molar-refractivity contribution >= 4 is 11.0 Å². The summed E-state index contributed by atoms with van der Waals surface area (Å²) in [6.07, 6.45) is 3.01. The van der Waals surface area contributed by atoms with Crippen LogP contribution in [0.25, 0.3) is 11.0 Å². The van der Waals surface area contributed by atoms with Crippen LogP contribution in [0.4, 0.5) is 0 Å². The largest absolute Gasteiger partial charge is 0.346 e. The zero-order chi connectivity index (χ0) is 8.55. The van der Waals surface area contributed by atoms with Crippen LogP contribution in [0.2, 0.25) is 0 Å². The predicted molar refractivity (Wildman–Crippen MR) is 50.2 cm³/mol. The zero-order valence-electron chi connectivity index (χ0n) is 7.39. The van der Waals surface area contributed by atoms with Crippen LogP contribution >= 0.6 is 0 Å². The zero-order valence-corrected chi connectivity index (χ0v) is 7.39. The quantitative estimate of drug-likeness (QED) is 0.682. The van der Waals surface area contributed by atoms with Gasteiger partial charge in [-0.15, -0.1) is 0 Å². The lowest BCUT2D eigenvalue weighted by molar-refractivity contribution is 1.12. The normalized spacial score (nSPS) is 10.8. The second kappa shape index (κ2) is 2.63. The van der Waals surface area contributed by atoms with Crippen LogP contribution in [0.3, 0.4) is 0 Å². The van der Waals surface area contributed by atoms with Crippen LogP contribution in [0, 0.1) is 6.92 Å². The fourth-order valence-electron chi connectivity index (χ4n) is 1.54. The van der Waals surface area contributed by atoms with E-state index in [0.717, 1.165) is 17.8 Å². The summed E-state index contributed by atoms with van der Waals surface area (Å²) in [5, 5.41) is 1.25. The standard InChI is InChI=1S/C10H12N2/c1-3-8-6-7(2)12-10-9(8)4-5-11-10/h4-6H,3H2,1-2H3,(H,11,12). The molecular weight excluding hydrogens is 148 g/mol. The minimum Gasteiger partial charge on any atom is -0.346 e. The minimum atomic E-state index is 1.01. The summed E-state index contributed by atoms with van der Waals surface area (Å²) in [6.45, 7) is 4.20. The van der Waals surface area contributed by atoms with Gasteiger partial charge in [-0.1, -0.05) is 6.92 Å². The number of hydrogen-bond acceptors (Lipinski definition) is 1. The van der Waals surface area contributed by atoms with Crippen LogP contribution in [0.1, 0.15) is 18.2 Å². The van der Waals surface area contributed by atoms with Gasteiger partial charge in [0.15, 0.2) is 0 Å². The van der Waals surface area contributed by atoms with Crippen molar-refractivity contribution in [2.75, 3.05) is 0 Å². The van der Waals surface area contributed by atoms with Crippen LogP contribution in [0.15, 0.2) is 18.3 Å². The highest BCUT2D eigenvalue weighted by molar-refractivity contribution is 5.79. The van der Waals surface area contributed by atoms with E-state index >= 15 is 0 Å². The van der Waals surface area contributed by atoms with Crippen LogP contribution in [0.5, 0.6) is 0 Å². The molecule has 0 spiro atoms. The molecule has 12 heavy (non-hydrogen) atoms. The number of rotatable bonds is 1. The lowest BCUT2D eigenvalue weighted by Crippen LogP contribution is -1.88. The molecule has 0 atom stereocenters. The molecule has 0 unspecified atom stereocenters. The molecule has 0 fully saturated rings. The van der Waals surface area contributed by atoms with E-state index in [4.69, 9.17) is 0 Å². The Balaban J connectivity index is 2.80. The van der Waals surface area contributed by atoms with Gasteiger partial charge in [-0.2, -0.15) is 0 Å². The van der Waals surface area contributed by atoms with Gasteiger partial charge >= 0.3 is 0 Å². The van der Waals surface area contributed by atoms with E-state index < -0.39 is 0 Å². The number of fused-ring (bicyclic) bond motifs is 1. The number of H-pyrrole nitrogens is 1. The number of aryl methyl sites for hydroxylation is 2. The van der Waals surface area contributed by atoms with E-state index in [1.165, 1.54) is 10.9 Å². The number of nitrogens with one attached hydrogen (secondary N) is 1. The minimum absolute atomic E-state index is 1.01. The summed E-state index contributed by atoms with van der Waals surface area (Å²) in [5.41, 5.74) is 3.47. The third-order valence-corrected chi connectivity index (χ3v) is 2.12. The SMILES string of the molecule is CCc1cc(C)nc2[nH]ccc12. The topological polar surface area (TPSA) is 28.7 Å². The summed E-state index contributed by atoms with van der Waals surface area (Å²) in [6, 6.07) is 4.23. The molecule has 0 saturated heterocycles. The van der Waals surface area contributed by atoms with Crippen molar-refractivity contribution in [2.45, 2.75) is 20.3 Å². The van der Waals surface area contributed by atoms with Crippen molar-refractivity contribution < 1.29 is 0 Å². The van der Waals surface area contributed by atoms with Crippen LogP contribution in [-0.2, 0) is 6.42 Å². The first-order chi connectivity index (χ1) is 5.81. The number of aromatic nitrogens is 2. The Morgan fingerprint density at radius 3 is 3.08 bits per heavy atom. The van der Waals surface area contributed by atoms with Gasteiger partial charge in [-0.3, -0.25) is 0 Å². The maximum atomic E-state index is 4.39. The van der Waals surface area contributed by atoms with Crippen molar-refractivity contribution in [3.05, 3.63) is 29.6 Å². The van der Waals surface area contributed by atoms with Gasteiger partial charge in [0.2, 0.25) is 0 Å². The second-order valence-electron chi connectivity index (χ2n) is 3.02. The Morgan fingerprint density at radius 2 is 2.33 bits per heavy atom. The van der Waals surface area contributed by atoms with E-state index in [0.29, 0.717) is 0 Å². The van der Waals surface area contributed by atoms with Crippen molar-refractivity contribution in [2.24, 2.45) is 0 Å². The van der Waals surface area contributed by atoms with E-state index in [1.54, 1.807) is 0 Å². The number of pyridine rings is 1. The number of nitrogens with zero attached hydrogens (tertiary/aromatic N) is 1. The Kier molecular flexibility index (Phi) is 1.61. The Hall–Kier alpha value is -1.31. The predicted octanol–water partition coefficient (Wildman–Crippen LogP) is 2.43. The van der Waals surface area contributed by atoms with Crippen LogP contribution in [-0.4, -0.2) is 9.97 Å². The summed E-state index contributed by atoms with van der Waals surface area (Å²) < 4.78 is 0. The van der Waals surface area contributed by atoms with E-state index in [2.05, 4.69) is 29.0 Å². The molecule has 0 amide bonds.